The van der Waals surface area contributed by atoms with E-state index in [1.165, 1.54) is 9.08 Å². The van der Waals surface area contributed by atoms with Gasteiger partial charge in [-0.25, -0.2) is 18.9 Å². The molecule has 1 saturated heterocycles. The predicted molar refractivity (Wildman–Crippen MR) is 122 cm³/mol. The van der Waals surface area contributed by atoms with Crippen molar-refractivity contribution in [2.45, 2.75) is 19.6 Å². The second kappa shape index (κ2) is 7.67. The van der Waals surface area contributed by atoms with Crippen LogP contribution in [0.4, 0.5) is 5.95 Å². The van der Waals surface area contributed by atoms with Crippen molar-refractivity contribution in [3.05, 3.63) is 69.1 Å². The predicted octanol–water partition coefficient (Wildman–Crippen LogP) is 3.73. The van der Waals surface area contributed by atoms with Crippen LogP contribution in [0.15, 0.2) is 53.3 Å². The zero-order valence-corrected chi connectivity index (χ0v) is 18.2. The SMILES string of the molecule is CCn1nc2c(-c3ccc(Cl)cc3)c(-c3ccc(Cl)cc3)nc(N3CC(O)C3)n2c1=O. The number of aliphatic hydroxyl groups excluding tert-OH is 1. The van der Waals surface area contributed by atoms with Gasteiger partial charge in [0.2, 0.25) is 5.95 Å². The van der Waals surface area contributed by atoms with Gasteiger partial charge in [0.05, 0.1) is 17.4 Å². The monoisotopic (exact) mass is 455 g/mol. The molecule has 9 heteroatoms. The normalized spacial score (nSPS) is 14.3. The summed E-state index contributed by atoms with van der Waals surface area (Å²) in [5.41, 5.74) is 3.34. The van der Waals surface area contributed by atoms with Crippen LogP contribution >= 0.6 is 23.2 Å². The van der Waals surface area contributed by atoms with Crippen molar-refractivity contribution in [2.75, 3.05) is 18.0 Å². The summed E-state index contributed by atoms with van der Waals surface area (Å²) < 4.78 is 2.94. The highest BCUT2D eigenvalue weighted by molar-refractivity contribution is 6.31. The third kappa shape index (κ3) is 3.39. The number of rotatable bonds is 4. The fourth-order valence-corrected chi connectivity index (χ4v) is 4.05. The number of aryl methyl sites for hydroxylation is 1. The lowest BCUT2D eigenvalue weighted by Gasteiger charge is -2.37. The van der Waals surface area contributed by atoms with Gasteiger partial charge in [-0.3, -0.25) is 0 Å². The molecule has 1 aliphatic rings. The van der Waals surface area contributed by atoms with Gasteiger partial charge in [0.1, 0.15) is 0 Å². The maximum absolute atomic E-state index is 13.1. The van der Waals surface area contributed by atoms with Gasteiger partial charge in [0.15, 0.2) is 5.65 Å². The molecule has 0 amide bonds. The second-order valence-electron chi connectivity index (χ2n) is 7.47. The van der Waals surface area contributed by atoms with E-state index < -0.39 is 6.10 Å². The van der Waals surface area contributed by atoms with E-state index in [0.29, 0.717) is 47.0 Å². The molecule has 7 nitrogen and oxygen atoms in total. The van der Waals surface area contributed by atoms with Crippen LogP contribution < -0.4 is 10.6 Å². The molecule has 1 fully saturated rings. The van der Waals surface area contributed by atoms with Crippen molar-refractivity contribution in [3.8, 4) is 22.4 Å². The van der Waals surface area contributed by atoms with Gasteiger partial charge in [-0.15, -0.1) is 5.10 Å². The summed E-state index contributed by atoms with van der Waals surface area (Å²) in [6.07, 6.45) is -0.441. The smallest absolute Gasteiger partial charge is 0.353 e. The number of aromatic nitrogens is 4. The molecule has 1 aliphatic heterocycles. The zero-order chi connectivity index (χ0) is 21.7. The first-order valence-electron chi connectivity index (χ1n) is 9.94. The standard InChI is InChI=1S/C22H19Cl2N5O2/c1-2-28-22(31)29-20(26-28)18(13-3-7-15(23)8-4-13)19(14-5-9-16(24)10-6-14)25-21(29)27-11-17(30)12-27/h3-10,17,30H,2,11-12H2,1H3. The van der Waals surface area contributed by atoms with E-state index >= 15 is 0 Å². The minimum absolute atomic E-state index is 0.265. The van der Waals surface area contributed by atoms with Crippen LogP contribution in [-0.2, 0) is 6.54 Å². The Morgan fingerprint density at radius 1 is 1.00 bits per heavy atom. The molecule has 0 spiro atoms. The van der Waals surface area contributed by atoms with Crippen LogP contribution in [0.5, 0.6) is 0 Å². The Balaban J connectivity index is 1.88. The lowest BCUT2D eigenvalue weighted by Crippen LogP contribution is -2.52. The van der Waals surface area contributed by atoms with E-state index in [4.69, 9.17) is 28.2 Å². The average molecular weight is 456 g/mol. The van der Waals surface area contributed by atoms with Crippen molar-refractivity contribution < 1.29 is 5.11 Å². The molecule has 0 saturated carbocycles. The summed E-state index contributed by atoms with van der Waals surface area (Å²) in [5, 5.41) is 15.7. The van der Waals surface area contributed by atoms with Gasteiger partial charge >= 0.3 is 5.69 Å². The number of fused-ring (bicyclic) bond motifs is 1. The maximum atomic E-state index is 13.1. The Bertz CT molecular complexity index is 1320. The molecule has 0 unspecified atom stereocenters. The van der Waals surface area contributed by atoms with Gasteiger partial charge in [0.25, 0.3) is 0 Å². The summed E-state index contributed by atoms with van der Waals surface area (Å²) in [5.74, 6) is 0.465. The fraction of sp³-hybridized carbons (Fsp3) is 0.227. The van der Waals surface area contributed by atoms with Gasteiger partial charge in [-0.2, -0.15) is 0 Å². The van der Waals surface area contributed by atoms with Crippen molar-refractivity contribution in [1.29, 1.82) is 0 Å². The average Bonchev–Trinajstić information content (AvgIpc) is 3.08. The van der Waals surface area contributed by atoms with Crippen LogP contribution in [0.1, 0.15) is 6.92 Å². The first-order valence-corrected chi connectivity index (χ1v) is 10.7. The van der Waals surface area contributed by atoms with Crippen LogP contribution in [0.2, 0.25) is 10.0 Å². The molecule has 4 aromatic rings. The summed E-state index contributed by atoms with van der Waals surface area (Å²) in [6, 6.07) is 14.8. The third-order valence-electron chi connectivity index (χ3n) is 5.41. The number of halogens is 2. The van der Waals surface area contributed by atoms with E-state index in [1.807, 2.05) is 36.1 Å². The first kappa shape index (κ1) is 20.1. The van der Waals surface area contributed by atoms with E-state index in [2.05, 4.69) is 5.10 Å². The quantitative estimate of drug-likeness (QED) is 0.507. The van der Waals surface area contributed by atoms with Crippen molar-refractivity contribution in [3.63, 3.8) is 0 Å². The van der Waals surface area contributed by atoms with E-state index in [-0.39, 0.29) is 5.69 Å². The molecule has 0 bridgehead atoms. The molecule has 1 N–H and O–H groups in total. The van der Waals surface area contributed by atoms with Gasteiger partial charge < -0.3 is 10.0 Å². The van der Waals surface area contributed by atoms with Gasteiger partial charge in [-0.05, 0) is 36.8 Å². The summed E-state index contributed by atoms with van der Waals surface area (Å²) in [7, 11) is 0. The molecule has 31 heavy (non-hydrogen) atoms. The van der Waals surface area contributed by atoms with Crippen molar-refractivity contribution >= 4 is 34.8 Å². The summed E-state index contributed by atoms with van der Waals surface area (Å²) >= 11 is 12.2. The van der Waals surface area contributed by atoms with Crippen LogP contribution in [-0.4, -0.2) is 43.5 Å². The van der Waals surface area contributed by atoms with Crippen molar-refractivity contribution in [2.24, 2.45) is 0 Å². The highest BCUT2D eigenvalue weighted by Crippen LogP contribution is 2.37. The zero-order valence-electron chi connectivity index (χ0n) is 16.7. The highest BCUT2D eigenvalue weighted by Gasteiger charge is 2.31. The molecule has 2 aromatic heterocycles. The Morgan fingerprint density at radius 3 is 2.13 bits per heavy atom. The topological polar surface area (TPSA) is 75.7 Å². The fourth-order valence-electron chi connectivity index (χ4n) is 3.80. The number of benzene rings is 2. The molecule has 0 atom stereocenters. The number of nitrogens with zero attached hydrogens (tertiary/aromatic N) is 5. The number of hydrogen-bond donors (Lipinski definition) is 1. The maximum Gasteiger partial charge on any atom is 0.353 e. The second-order valence-corrected chi connectivity index (χ2v) is 8.34. The van der Waals surface area contributed by atoms with E-state index in [9.17, 15) is 9.90 Å². The Morgan fingerprint density at radius 2 is 1.58 bits per heavy atom. The molecule has 5 rings (SSSR count). The number of anilines is 1. The van der Waals surface area contributed by atoms with Crippen molar-refractivity contribution in [1.82, 2.24) is 19.2 Å². The summed E-state index contributed by atoms with van der Waals surface area (Å²) in [4.78, 5) is 19.9. The van der Waals surface area contributed by atoms with Gasteiger partial charge in [-0.1, -0.05) is 47.5 Å². The number of β-amino-alcohol motifs (C(OH)–C–C–N with tert-alkyl or cyclic N) is 1. The van der Waals surface area contributed by atoms with Crippen LogP contribution in [0, 0.1) is 0 Å². The molecule has 3 heterocycles. The Kier molecular flexibility index (Phi) is 4.97. The lowest BCUT2D eigenvalue weighted by atomic mass is 10.00. The molecule has 0 radical (unpaired) electrons. The van der Waals surface area contributed by atoms with E-state index in [1.54, 1.807) is 24.3 Å². The molecule has 158 valence electrons. The first-order chi connectivity index (χ1) is 15.0. The lowest BCUT2D eigenvalue weighted by molar-refractivity contribution is 0.140. The molecule has 2 aromatic carbocycles. The van der Waals surface area contributed by atoms with Crippen LogP contribution in [0.3, 0.4) is 0 Å². The number of aliphatic hydroxyl groups is 1. The van der Waals surface area contributed by atoms with Gasteiger partial charge in [0, 0.05) is 35.2 Å². The summed E-state index contributed by atoms with van der Waals surface area (Å²) in [6.45, 7) is 3.12. The van der Waals surface area contributed by atoms with E-state index in [0.717, 1.165) is 16.7 Å². The third-order valence-corrected chi connectivity index (χ3v) is 5.91. The Hall–Kier alpha value is -2.87. The minimum Gasteiger partial charge on any atom is -0.389 e. The number of hydrogen-bond acceptors (Lipinski definition) is 5. The molecular weight excluding hydrogens is 437 g/mol. The Labute approximate surface area is 188 Å². The molecular formula is C22H19Cl2N5O2. The largest absolute Gasteiger partial charge is 0.389 e. The minimum atomic E-state index is -0.441. The highest BCUT2D eigenvalue weighted by atomic mass is 35.5. The molecule has 0 aliphatic carbocycles. The van der Waals surface area contributed by atoms with Crippen LogP contribution in [0.25, 0.3) is 28.0 Å².